The van der Waals surface area contributed by atoms with Crippen molar-refractivity contribution < 1.29 is 19.8 Å². The van der Waals surface area contributed by atoms with E-state index in [4.69, 9.17) is 0 Å². The third-order valence-electron chi connectivity index (χ3n) is 4.48. The number of fused-ring (bicyclic) bond motifs is 1. The summed E-state index contributed by atoms with van der Waals surface area (Å²) in [6.45, 7) is 0. The van der Waals surface area contributed by atoms with E-state index in [1.165, 1.54) is 12.1 Å². The summed E-state index contributed by atoms with van der Waals surface area (Å²) in [5.74, 6) is -1.27. The van der Waals surface area contributed by atoms with E-state index in [9.17, 15) is 24.6 Å². The number of aromatic hydroxyl groups is 1. The van der Waals surface area contributed by atoms with E-state index in [1.54, 1.807) is 36.4 Å². The number of aryl methyl sites for hydroxylation is 1. The van der Waals surface area contributed by atoms with Gasteiger partial charge in [0.1, 0.15) is 11.6 Å². The van der Waals surface area contributed by atoms with Gasteiger partial charge in [0.25, 0.3) is 5.56 Å². The Hall–Kier alpha value is -3.68. The third kappa shape index (κ3) is 5.41. The number of rotatable bonds is 8. The molecule has 8 heteroatoms. The predicted octanol–water partition coefficient (Wildman–Crippen LogP) is 0.429. The Kier molecular flexibility index (Phi) is 6.23. The van der Waals surface area contributed by atoms with E-state index in [0.717, 1.165) is 0 Å². The van der Waals surface area contributed by atoms with Gasteiger partial charge in [-0.2, -0.15) is 0 Å². The quantitative estimate of drug-likeness (QED) is 0.507. The zero-order valence-corrected chi connectivity index (χ0v) is 15.6. The van der Waals surface area contributed by atoms with Crippen LogP contribution in [0.3, 0.4) is 0 Å². The van der Waals surface area contributed by atoms with Crippen molar-refractivity contribution in [1.82, 2.24) is 15.3 Å². The number of aromatic amines is 1. The summed E-state index contributed by atoms with van der Waals surface area (Å²) in [6.07, 6.45) is 0.900. The molecule has 0 bridgehead atoms. The molecule has 0 radical (unpaired) electrons. The minimum Gasteiger partial charge on any atom is -0.548 e. The normalized spacial score (nSPS) is 11.9. The van der Waals surface area contributed by atoms with Crippen LogP contribution in [0.2, 0.25) is 0 Å². The average Bonchev–Trinajstić information content (AvgIpc) is 2.69. The number of nitrogens with zero attached hydrogens (tertiary/aromatic N) is 1. The molecule has 1 amide bonds. The molecule has 3 aromatic rings. The van der Waals surface area contributed by atoms with Gasteiger partial charge in [-0.3, -0.25) is 9.59 Å². The number of benzene rings is 2. The number of aromatic nitrogens is 2. The number of H-pyrrole nitrogens is 1. The molecular formula is C21H20N3O5-. The van der Waals surface area contributed by atoms with Gasteiger partial charge in [0.05, 0.1) is 22.9 Å². The highest BCUT2D eigenvalue weighted by molar-refractivity contribution is 5.83. The molecule has 3 N–H and O–H groups in total. The molecule has 3 rings (SSSR count). The number of carbonyl (C=O) groups excluding carboxylic acids is 2. The smallest absolute Gasteiger partial charge is 0.258 e. The highest BCUT2D eigenvalue weighted by Gasteiger charge is 2.14. The van der Waals surface area contributed by atoms with E-state index < -0.39 is 17.9 Å². The van der Waals surface area contributed by atoms with Crippen LogP contribution in [0.15, 0.2) is 53.3 Å². The molecule has 0 unspecified atom stereocenters. The molecule has 0 aliphatic heterocycles. The molecule has 8 nitrogen and oxygen atoms in total. The molecule has 29 heavy (non-hydrogen) atoms. The molecule has 1 atom stereocenters. The fraction of sp³-hybridized carbons (Fsp3) is 0.238. The second kappa shape index (κ2) is 9.01. The standard InChI is InChI=1S/C21H21N3O5/c25-14-10-8-13(9-11-14)12-17(21(28)29)23-19(26)7-3-6-18-22-16-5-2-1-4-15(16)20(27)24-18/h1-2,4-5,8-11,17,25H,3,6-7,12H2,(H,23,26)(H,28,29)(H,22,24,27)/p-1/t17-/m0/s1. The molecule has 0 spiro atoms. The zero-order chi connectivity index (χ0) is 20.8. The van der Waals surface area contributed by atoms with Gasteiger partial charge in [0, 0.05) is 12.8 Å². The van der Waals surface area contributed by atoms with E-state index >= 15 is 0 Å². The molecule has 0 saturated heterocycles. The number of carboxylic acids is 1. The second-order valence-electron chi connectivity index (χ2n) is 6.69. The van der Waals surface area contributed by atoms with Crippen LogP contribution >= 0.6 is 0 Å². The molecule has 1 aromatic heterocycles. The number of aliphatic carboxylic acids is 1. The Labute approximate surface area is 166 Å². The minimum absolute atomic E-state index is 0.0495. The second-order valence-corrected chi connectivity index (χ2v) is 6.69. The Morgan fingerprint density at radius 1 is 1.14 bits per heavy atom. The largest absolute Gasteiger partial charge is 0.548 e. The summed E-state index contributed by atoms with van der Waals surface area (Å²) in [6, 6.07) is 11.9. The molecule has 1 heterocycles. The lowest BCUT2D eigenvalue weighted by molar-refractivity contribution is -0.308. The first-order valence-electron chi connectivity index (χ1n) is 9.18. The number of para-hydroxylation sites is 1. The van der Waals surface area contributed by atoms with Gasteiger partial charge < -0.3 is 25.3 Å². The van der Waals surface area contributed by atoms with Crippen molar-refractivity contribution >= 4 is 22.8 Å². The minimum atomic E-state index is -1.38. The fourth-order valence-corrected chi connectivity index (χ4v) is 3.00. The molecule has 0 aliphatic carbocycles. The van der Waals surface area contributed by atoms with Crippen molar-refractivity contribution in [1.29, 1.82) is 0 Å². The van der Waals surface area contributed by atoms with Crippen LogP contribution in [0.5, 0.6) is 5.75 Å². The van der Waals surface area contributed by atoms with Gasteiger partial charge in [-0.15, -0.1) is 0 Å². The third-order valence-corrected chi connectivity index (χ3v) is 4.48. The van der Waals surface area contributed by atoms with Crippen molar-refractivity contribution in [2.75, 3.05) is 0 Å². The number of hydrogen-bond acceptors (Lipinski definition) is 6. The van der Waals surface area contributed by atoms with Gasteiger partial charge in [0.2, 0.25) is 5.91 Å². The summed E-state index contributed by atoms with van der Waals surface area (Å²) >= 11 is 0. The Morgan fingerprint density at radius 3 is 2.59 bits per heavy atom. The maximum absolute atomic E-state index is 12.1. The number of nitrogens with one attached hydrogen (secondary N) is 2. The van der Waals surface area contributed by atoms with Crippen molar-refractivity contribution in [2.45, 2.75) is 31.7 Å². The number of phenolic OH excluding ortho intramolecular Hbond substituents is 1. The monoisotopic (exact) mass is 394 g/mol. The first-order chi connectivity index (χ1) is 13.9. The predicted molar refractivity (Wildman–Crippen MR) is 104 cm³/mol. The molecule has 150 valence electrons. The van der Waals surface area contributed by atoms with Gasteiger partial charge in [-0.05, 0) is 42.7 Å². The Morgan fingerprint density at radius 2 is 1.86 bits per heavy atom. The SMILES string of the molecule is O=C(CCCc1nc2ccccc2c(=O)[nH]1)N[C@@H](Cc1ccc(O)cc1)C(=O)[O-]. The van der Waals surface area contributed by atoms with Crippen LogP contribution in [0.4, 0.5) is 0 Å². The average molecular weight is 394 g/mol. The van der Waals surface area contributed by atoms with E-state index in [-0.39, 0.29) is 24.2 Å². The fourth-order valence-electron chi connectivity index (χ4n) is 3.00. The van der Waals surface area contributed by atoms with Crippen LogP contribution in [-0.2, 0) is 22.4 Å². The summed E-state index contributed by atoms with van der Waals surface area (Å²) in [5, 5.41) is 23.6. The summed E-state index contributed by atoms with van der Waals surface area (Å²) in [4.78, 5) is 42.6. The highest BCUT2D eigenvalue weighted by atomic mass is 16.4. The van der Waals surface area contributed by atoms with E-state index in [1.807, 2.05) is 0 Å². The lowest BCUT2D eigenvalue weighted by Gasteiger charge is -2.20. The molecule has 0 fully saturated rings. The molecule has 2 aromatic carbocycles. The number of carboxylic acid groups (broad SMARTS) is 1. The zero-order valence-electron chi connectivity index (χ0n) is 15.6. The Balaban J connectivity index is 1.55. The molecule has 0 saturated carbocycles. The number of carbonyl (C=O) groups is 2. The van der Waals surface area contributed by atoms with Crippen molar-refractivity contribution in [3.8, 4) is 5.75 Å². The van der Waals surface area contributed by atoms with Crippen LogP contribution < -0.4 is 16.0 Å². The first kappa shape index (κ1) is 20.1. The summed E-state index contributed by atoms with van der Waals surface area (Å²) in [5.41, 5.74) is 0.998. The van der Waals surface area contributed by atoms with Crippen LogP contribution in [0, 0.1) is 0 Å². The Bertz CT molecular complexity index is 1080. The van der Waals surface area contributed by atoms with Crippen LogP contribution in [0.1, 0.15) is 24.2 Å². The van der Waals surface area contributed by atoms with E-state index in [2.05, 4.69) is 15.3 Å². The van der Waals surface area contributed by atoms with Gasteiger partial charge in [-0.25, -0.2) is 4.98 Å². The number of hydrogen-bond donors (Lipinski definition) is 3. The van der Waals surface area contributed by atoms with Gasteiger partial charge in [-0.1, -0.05) is 24.3 Å². The number of amides is 1. The van der Waals surface area contributed by atoms with E-state index in [0.29, 0.717) is 35.1 Å². The molecule has 0 aliphatic rings. The first-order valence-corrected chi connectivity index (χ1v) is 9.18. The van der Waals surface area contributed by atoms with Gasteiger partial charge in [0.15, 0.2) is 0 Å². The maximum Gasteiger partial charge on any atom is 0.258 e. The summed E-state index contributed by atoms with van der Waals surface area (Å²) < 4.78 is 0. The van der Waals surface area contributed by atoms with Gasteiger partial charge >= 0.3 is 0 Å². The topological polar surface area (TPSA) is 135 Å². The lowest BCUT2D eigenvalue weighted by atomic mass is 10.1. The highest BCUT2D eigenvalue weighted by Crippen LogP contribution is 2.12. The van der Waals surface area contributed by atoms with Crippen molar-refractivity contribution in [3.05, 3.63) is 70.3 Å². The number of phenols is 1. The summed E-state index contributed by atoms with van der Waals surface area (Å²) in [7, 11) is 0. The van der Waals surface area contributed by atoms with Crippen molar-refractivity contribution in [2.24, 2.45) is 0 Å². The maximum atomic E-state index is 12.1. The van der Waals surface area contributed by atoms with Crippen LogP contribution in [-0.4, -0.2) is 33.0 Å². The molecular weight excluding hydrogens is 374 g/mol. The van der Waals surface area contributed by atoms with Crippen molar-refractivity contribution in [3.63, 3.8) is 0 Å². The van der Waals surface area contributed by atoms with Crippen LogP contribution in [0.25, 0.3) is 10.9 Å². The lowest BCUT2D eigenvalue weighted by Crippen LogP contribution is -2.49.